The molecule has 0 saturated heterocycles. The van der Waals surface area contributed by atoms with Crippen LogP contribution in [0.15, 0.2) is 35.4 Å². The number of fused-ring (bicyclic) bond motifs is 6. The van der Waals surface area contributed by atoms with Crippen LogP contribution in [0.3, 0.4) is 0 Å². The largest absolute Gasteiger partial charge is 0.244 e. The summed E-state index contributed by atoms with van der Waals surface area (Å²) < 4.78 is 2.56. The molecule has 0 atom stereocenters. The predicted octanol–water partition coefficient (Wildman–Crippen LogP) is 4.06. The number of aromatic nitrogens is 2. The van der Waals surface area contributed by atoms with Gasteiger partial charge in [-0.3, -0.25) is 0 Å². The summed E-state index contributed by atoms with van der Waals surface area (Å²) in [7, 11) is 0. The van der Waals surface area contributed by atoms with Crippen molar-refractivity contribution in [1.29, 1.82) is 0 Å². The lowest BCUT2D eigenvalue weighted by molar-refractivity contribution is 1.23. The van der Waals surface area contributed by atoms with Gasteiger partial charge in [-0.15, -0.1) is 22.7 Å². The van der Waals surface area contributed by atoms with Gasteiger partial charge in [0.15, 0.2) is 0 Å². The molecular formula is C12H6N2S2. The van der Waals surface area contributed by atoms with Crippen LogP contribution in [0.1, 0.15) is 0 Å². The van der Waals surface area contributed by atoms with Crippen molar-refractivity contribution in [3.63, 3.8) is 0 Å². The zero-order valence-corrected chi connectivity index (χ0v) is 9.81. The number of hydrogen-bond donors (Lipinski definition) is 0. The van der Waals surface area contributed by atoms with E-state index in [0.29, 0.717) is 0 Å². The molecule has 76 valence electrons. The highest BCUT2D eigenvalue weighted by molar-refractivity contribution is 7.20. The molecule has 3 aromatic heterocycles. The first-order chi connectivity index (χ1) is 7.95. The molecule has 1 aromatic carbocycles. The van der Waals surface area contributed by atoms with Gasteiger partial charge in [0, 0.05) is 27.1 Å². The Morgan fingerprint density at radius 3 is 2.50 bits per heavy atom. The lowest BCUT2D eigenvalue weighted by Gasteiger charge is -2.00. The standard InChI is InChI=1S/C12H6N2S2/c1-3-15-11-7(1)8-2-4-16-12(8)10-9(11)5-13-6-14-10/h1-6H. The van der Waals surface area contributed by atoms with Gasteiger partial charge >= 0.3 is 0 Å². The monoisotopic (exact) mass is 242 g/mol. The molecule has 0 N–H and O–H groups in total. The van der Waals surface area contributed by atoms with Crippen molar-refractivity contribution in [1.82, 2.24) is 9.97 Å². The summed E-state index contributed by atoms with van der Waals surface area (Å²) in [6.07, 6.45) is 3.54. The van der Waals surface area contributed by atoms with Gasteiger partial charge in [0.2, 0.25) is 0 Å². The fourth-order valence-corrected chi connectivity index (χ4v) is 3.95. The van der Waals surface area contributed by atoms with E-state index in [0.717, 1.165) is 5.52 Å². The second-order valence-corrected chi connectivity index (χ2v) is 5.44. The summed E-state index contributed by atoms with van der Waals surface area (Å²) in [6.45, 7) is 0. The van der Waals surface area contributed by atoms with E-state index in [4.69, 9.17) is 0 Å². The third-order valence-corrected chi connectivity index (χ3v) is 4.66. The number of rotatable bonds is 0. The minimum atomic E-state index is 1.08. The third-order valence-electron chi connectivity index (χ3n) is 2.79. The maximum Gasteiger partial charge on any atom is 0.116 e. The fourth-order valence-electron chi connectivity index (χ4n) is 2.11. The maximum atomic E-state index is 4.42. The minimum Gasteiger partial charge on any atom is -0.244 e. The molecule has 4 aromatic rings. The summed E-state index contributed by atoms with van der Waals surface area (Å²) in [5.74, 6) is 0. The molecule has 0 spiro atoms. The van der Waals surface area contributed by atoms with E-state index >= 15 is 0 Å². The van der Waals surface area contributed by atoms with Crippen LogP contribution in [0, 0.1) is 0 Å². The molecule has 0 unspecified atom stereocenters. The van der Waals surface area contributed by atoms with Crippen molar-refractivity contribution < 1.29 is 0 Å². The van der Waals surface area contributed by atoms with Crippen molar-refractivity contribution in [2.24, 2.45) is 0 Å². The number of nitrogens with zero attached hydrogens (tertiary/aromatic N) is 2. The van der Waals surface area contributed by atoms with E-state index < -0.39 is 0 Å². The zero-order chi connectivity index (χ0) is 10.5. The second-order valence-electron chi connectivity index (χ2n) is 3.61. The van der Waals surface area contributed by atoms with Crippen molar-refractivity contribution in [3.05, 3.63) is 35.4 Å². The van der Waals surface area contributed by atoms with Crippen LogP contribution in [0.2, 0.25) is 0 Å². The molecule has 0 aliphatic heterocycles. The van der Waals surface area contributed by atoms with Crippen molar-refractivity contribution in [2.75, 3.05) is 0 Å². The van der Waals surface area contributed by atoms with E-state index in [2.05, 4.69) is 32.9 Å². The van der Waals surface area contributed by atoms with Crippen LogP contribution < -0.4 is 0 Å². The molecule has 0 aliphatic carbocycles. The Morgan fingerprint density at radius 2 is 1.62 bits per heavy atom. The number of hydrogen-bond acceptors (Lipinski definition) is 4. The van der Waals surface area contributed by atoms with Crippen LogP contribution in [-0.4, -0.2) is 9.97 Å². The molecule has 4 rings (SSSR count). The molecular weight excluding hydrogens is 236 g/mol. The molecule has 4 heteroatoms. The first-order valence-electron chi connectivity index (χ1n) is 4.91. The molecule has 3 heterocycles. The molecule has 0 fully saturated rings. The molecule has 0 bridgehead atoms. The first kappa shape index (κ1) is 8.61. The van der Waals surface area contributed by atoms with Crippen LogP contribution in [0.25, 0.3) is 31.1 Å². The minimum absolute atomic E-state index is 1.08. The van der Waals surface area contributed by atoms with Crippen LogP contribution in [0.5, 0.6) is 0 Å². The summed E-state index contributed by atoms with van der Waals surface area (Å²) in [5, 5.41) is 8.07. The number of thiophene rings is 2. The van der Waals surface area contributed by atoms with Crippen molar-refractivity contribution in [2.45, 2.75) is 0 Å². The highest BCUT2D eigenvalue weighted by atomic mass is 32.1. The number of benzene rings is 1. The quantitative estimate of drug-likeness (QED) is 0.464. The zero-order valence-electron chi connectivity index (χ0n) is 8.18. The Bertz CT molecular complexity index is 744. The lowest BCUT2D eigenvalue weighted by Crippen LogP contribution is -1.81. The smallest absolute Gasteiger partial charge is 0.116 e. The topological polar surface area (TPSA) is 25.8 Å². The van der Waals surface area contributed by atoms with Crippen molar-refractivity contribution >= 4 is 53.7 Å². The normalized spacial score (nSPS) is 11.8. The average molecular weight is 242 g/mol. The predicted molar refractivity (Wildman–Crippen MR) is 70.3 cm³/mol. The van der Waals surface area contributed by atoms with Crippen LogP contribution in [-0.2, 0) is 0 Å². The highest BCUT2D eigenvalue weighted by Gasteiger charge is 2.10. The summed E-state index contributed by atoms with van der Waals surface area (Å²) >= 11 is 3.51. The summed E-state index contributed by atoms with van der Waals surface area (Å²) in [4.78, 5) is 8.55. The second kappa shape index (κ2) is 2.99. The van der Waals surface area contributed by atoms with Gasteiger partial charge in [-0.1, -0.05) is 0 Å². The Morgan fingerprint density at radius 1 is 0.875 bits per heavy atom. The van der Waals surface area contributed by atoms with E-state index in [-0.39, 0.29) is 0 Å². The Kier molecular flexibility index (Phi) is 1.61. The van der Waals surface area contributed by atoms with Gasteiger partial charge in [0.25, 0.3) is 0 Å². The van der Waals surface area contributed by atoms with Gasteiger partial charge in [-0.05, 0) is 22.9 Å². The first-order valence-corrected chi connectivity index (χ1v) is 6.67. The molecule has 0 saturated carbocycles. The van der Waals surface area contributed by atoms with Crippen molar-refractivity contribution in [3.8, 4) is 0 Å². The molecule has 2 nitrogen and oxygen atoms in total. The van der Waals surface area contributed by atoms with E-state index in [1.54, 1.807) is 29.0 Å². The average Bonchev–Trinajstić information content (AvgIpc) is 2.98. The summed E-state index contributed by atoms with van der Waals surface area (Å²) in [5.41, 5.74) is 1.08. The molecule has 0 aliphatic rings. The van der Waals surface area contributed by atoms with Gasteiger partial charge < -0.3 is 0 Å². The Hall–Kier alpha value is -1.52. The van der Waals surface area contributed by atoms with E-state index in [1.807, 2.05) is 6.20 Å². The van der Waals surface area contributed by atoms with Gasteiger partial charge in [0.05, 0.1) is 10.2 Å². The van der Waals surface area contributed by atoms with Crippen LogP contribution >= 0.6 is 22.7 Å². The third kappa shape index (κ3) is 0.956. The molecule has 16 heavy (non-hydrogen) atoms. The Balaban J connectivity index is 2.51. The Labute approximate surface area is 99.2 Å². The molecule has 0 amide bonds. The SMILES string of the molecule is c1ncc2c(n1)c1sccc1c1ccsc12. The van der Waals surface area contributed by atoms with Gasteiger partial charge in [-0.2, -0.15) is 0 Å². The molecule has 0 radical (unpaired) electrons. The summed E-state index contributed by atoms with van der Waals surface area (Å²) in [6, 6.07) is 4.36. The van der Waals surface area contributed by atoms with E-state index in [1.165, 1.54) is 25.6 Å². The highest BCUT2D eigenvalue weighted by Crippen LogP contribution is 2.38. The van der Waals surface area contributed by atoms with Crippen LogP contribution in [0.4, 0.5) is 0 Å². The lowest BCUT2D eigenvalue weighted by atomic mass is 10.1. The van der Waals surface area contributed by atoms with E-state index in [9.17, 15) is 0 Å². The fraction of sp³-hybridized carbons (Fsp3) is 0. The van der Waals surface area contributed by atoms with Gasteiger partial charge in [0.1, 0.15) is 6.33 Å². The maximum absolute atomic E-state index is 4.42. The van der Waals surface area contributed by atoms with Gasteiger partial charge in [-0.25, -0.2) is 9.97 Å².